The summed E-state index contributed by atoms with van der Waals surface area (Å²) < 4.78 is 0. The van der Waals surface area contributed by atoms with Gasteiger partial charge in [-0.25, -0.2) is 4.98 Å². The molecule has 0 saturated heterocycles. The largest absolute Gasteiger partial charge is 0.309 e. The Morgan fingerprint density at radius 3 is 2.47 bits per heavy atom. The van der Waals surface area contributed by atoms with Crippen molar-refractivity contribution in [3.05, 3.63) is 95.2 Å². The van der Waals surface area contributed by atoms with E-state index in [2.05, 4.69) is 27.8 Å². The van der Waals surface area contributed by atoms with Crippen LogP contribution in [0.3, 0.4) is 0 Å². The number of nitrogens with zero attached hydrogens (tertiary/aromatic N) is 2. The second-order valence-electron chi connectivity index (χ2n) is 7.60. The average molecular weight is 396 g/mol. The van der Waals surface area contributed by atoms with Crippen LogP contribution in [0.1, 0.15) is 47.1 Å². The molecule has 1 aromatic heterocycles. The maximum atomic E-state index is 13.0. The number of hydrogen-bond donors (Lipinski definition) is 2. The molecule has 1 fully saturated rings. The molecule has 1 atom stereocenters. The lowest BCUT2D eigenvalue weighted by atomic mass is 10.0. The van der Waals surface area contributed by atoms with E-state index in [1.54, 1.807) is 0 Å². The van der Waals surface area contributed by atoms with Gasteiger partial charge in [0, 0.05) is 12.7 Å². The number of anilines is 1. The van der Waals surface area contributed by atoms with Gasteiger partial charge in [-0.1, -0.05) is 48.5 Å². The zero-order valence-corrected chi connectivity index (χ0v) is 16.7. The summed E-state index contributed by atoms with van der Waals surface area (Å²) in [5.74, 6) is 1.08. The van der Waals surface area contributed by atoms with Crippen molar-refractivity contribution in [3.63, 3.8) is 0 Å². The van der Waals surface area contributed by atoms with Crippen molar-refractivity contribution >= 4 is 11.7 Å². The molecule has 0 bridgehead atoms. The molecule has 2 N–H and O–H groups in total. The molecule has 1 aliphatic rings. The maximum Gasteiger partial charge on any atom is 0.247 e. The van der Waals surface area contributed by atoms with Gasteiger partial charge in [-0.15, -0.1) is 0 Å². The second kappa shape index (κ2) is 9.34. The maximum absolute atomic E-state index is 13.0. The number of hydrogen-bond acceptors (Lipinski definition) is 4. The first-order valence-corrected chi connectivity index (χ1v) is 10.3. The van der Waals surface area contributed by atoms with Crippen molar-refractivity contribution in [2.75, 3.05) is 11.9 Å². The van der Waals surface area contributed by atoms with E-state index in [4.69, 9.17) is 5.26 Å². The highest BCUT2D eigenvalue weighted by Gasteiger charge is 2.24. The Bertz CT molecular complexity index is 1020. The summed E-state index contributed by atoms with van der Waals surface area (Å²) in [7, 11) is 0. The molecule has 4 rings (SSSR count). The van der Waals surface area contributed by atoms with Gasteiger partial charge >= 0.3 is 0 Å². The van der Waals surface area contributed by atoms with E-state index in [0.717, 1.165) is 17.5 Å². The van der Waals surface area contributed by atoms with E-state index in [-0.39, 0.29) is 5.91 Å². The van der Waals surface area contributed by atoms with Gasteiger partial charge in [-0.05, 0) is 60.1 Å². The fourth-order valence-electron chi connectivity index (χ4n) is 3.45. The quantitative estimate of drug-likeness (QED) is 0.594. The smallest absolute Gasteiger partial charge is 0.247 e. The number of carbonyl (C=O) groups is 1. The molecule has 1 saturated carbocycles. The van der Waals surface area contributed by atoms with Crippen LogP contribution < -0.4 is 10.6 Å². The predicted octanol–water partition coefficient (Wildman–Crippen LogP) is 4.34. The van der Waals surface area contributed by atoms with Gasteiger partial charge < -0.3 is 10.6 Å². The molecule has 0 spiro atoms. The topological polar surface area (TPSA) is 77.8 Å². The highest BCUT2D eigenvalue weighted by Crippen LogP contribution is 2.39. The summed E-state index contributed by atoms with van der Waals surface area (Å²) in [6.45, 7) is 0.632. The number of aromatic nitrogens is 1. The highest BCUT2D eigenvalue weighted by atomic mass is 16.2. The molecule has 1 heterocycles. The number of rotatable bonds is 8. The summed E-state index contributed by atoms with van der Waals surface area (Å²) >= 11 is 0. The molecule has 3 aromatic rings. The van der Waals surface area contributed by atoms with Crippen molar-refractivity contribution in [3.8, 4) is 6.07 Å². The molecule has 150 valence electrons. The monoisotopic (exact) mass is 396 g/mol. The van der Waals surface area contributed by atoms with Crippen molar-refractivity contribution in [1.29, 1.82) is 5.26 Å². The molecule has 0 aliphatic heterocycles. The Balaban J connectivity index is 1.41. The number of carbonyl (C=O) groups excluding carboxylic acids is 1. The lowest BCUT2D eigenvalue weighted by Crippen LogP contribution is -2.34. The van der Waals surface area contributed by atoms with Crippen LogP contribution >= 0.6 is 0 Å². The summed E-state index contributed by atoms with van der Waals surface area (Å²) in [5, 5.41) is 15.2. The van der Waals surface area contributed by atoms with Gasteiger partial charge in [0.05, 0.1) is 11.6 Å². The highest BCUT2D eigenvalue weighted by molar-refractivity contribution is 5.94. The van der Waals surface area contributed by atoms with E-state index in [0.29, 0.717) is 23.8 Å². The van der Waals surface area contributed by atoms with Crippen LogP contribution in [0.25, 0.3) is 0 Å². The van der Waals surface area contributed by atoms with E-state index < -0.39 is 6.04 Å². The summed E-state index contributed by atoms with van der Waals surface area (Å²) in [6, 6.07) is 22.8. The van der Waals surface area contributed by atoms with E-state index in [1.165, 1.54) is 18.4 Å². The fraction of sp³-hybridized carbons (Fsp3) is 0.240. The van der Waals surface area contributed by atoms with Crippen molar-refractivity contribution in [2.45, 2.75) is 31.2 Å². The first-order chi connectivity index (χ1) is 14.7. The number of benzene rings is 2. The SMILES string of the molecule is N#Cc1ccc(CCN[C@@H](C(=O)Nc2ccc(C3CC3)cn2)c2ccccc2)cc1. The Morgan fingerprint density at radius 2 is 1.83 bits per heavy atom. The Labute approximate surface area is 176 Å². The molecule has 5 nitrogen and oxygen atoms in total. The second-order valence-corrected chi connectivity index (χ2v) is 7.60. The molecule has 0 radical (unpaired) electrons. The standard InChI is InChI=1S/C25H24N4O/c26-16-19-8-6-18(7-9-19)14-15-27-24(21-4-2-1-3-5-21)25(30)29-23-13-12-22(17-28-23)20-10-11-20/h1-9,12-13,17,20,24,27H,10-11,14-15H2,(H,28,29,30)/t24-/m1/s1. The molecule has 5 heteroatoms. The Morgan fingerprint density at radius 1 is 1.07 bits per heavy atom. The lowest BCUT2D eigenvalue weighted by molar-refractivity contribution is -0.118. The van der Waals surface area contributed by atoms with Gasteiger partial charge in [0.1, 0.15) is 11.9 Å². The number of nitriles is 1. The van der Waals surface area contributed by atoms with Gasteiger partial charge in [-0.3, -0.25) is 4.79 Å². The molecule has 1 aliphatic carbocycles. The molecular weight excluding hydrogens is 372 g/mol. The summed E-state index contributed by atoms with van der Waals surface area (Å²) in [5.41, 5.74) is 3.91. The van der Waals surface area contributed by atoms with E-state index >= 15 is 0 Å². The van der Waals surface area contributed by atoms with Crippen LogP contribution in [0.15, 0.2) is 72.9 Å². The number of pyridine rings is 1. The average Bonchev–Trinajstić information content (AvgIpc) is 3.64. The van der Waals surface area contributed by atoms with E-state index in [9.17, 15) is 4.79 Å². The minimum Gasteiger partial charge on any atom is -0.309 e. The molecule has 0 unspecified atom stereocenters. The van der Waals surface area contributed by atoms with Crippen LogP contribution in [0.5, 0.6) is 0 Å². The van der Waals surface area contributed by atoms with Crippen molar-refractivity contribution in [2.24, 2.45) is 0 Å². The molecule has 30 heavy (non-hydrogen) atoms. The Kier molecular flexibility index (Phi) is 6.17. The molecular formula is C25H24N4O. The Hall–Kier alpha value is -3.49. The first-order valence-electron chi connectivity index (χ1n) is 10.3. The normalized spacial score (nSPS) is 14.0. The third-order valence-corrected chi connectivity index (χ3v) is 5.33. The van der Waals surface area contributed by atoms with Crippen LogP contribution in [-0.4, -0.2) is 17.4 Å². The number of nitrogens with one attached hydrogen (secondary N) is 2. The molecule has 1 amide bonds. The third-order valence-electron chi connectivity index (χ3n) is 5.33. The van der Waals surface area contributed by atoms with Crippen LogP contribution in [0.4, 0.5) is 5.82 Å². The first kappa shape index (κ1) is 19.8. The zero-order valence-electron chi connectivity index (χ0n) is 16.7. The summed E-state index contributed by atoms with van der Waals surface area (Å²) in [4.78, 5) is 17.4. The minimum absolute atomic E-state index is 0.132. The molecule has 2 aromatic carbocycles. The lowest BCUT2D eigenvalue weighted by Gasteiger charge is -2.19. The van der Waals surface area contributed by atoms with Crippen LogP contribution in [0, 0.1) is 11.3 Å². The van der Waals surface area contributed by atoms with Gasteiger partial charge in [0.15, 0.2) is 0 Å². The van der Waals surface area contributed by atoms with Crippen LogP contribution in [0.2, 0.25) is 0 Å². The van der Waals surface area contributed by atoms with Gasteiger partial charge in [-0.2, -0.15) is 5.26 Å². The van der Waals surface area contributed by atoms with Gasteiger partial charge in [0.2, 0.25) is 5.91 Å². The summed E-state index contributed by atoms with van der Waals surface area (Å²) in [6.07, 6.45) is 5.08. The third kappa shape index (κ3) is 5.11. The van der Waals surface area contributed by atoms with Gasteiger partial charge in [0.25, 0.3) is 0 Å². The predicted molar refractivity (Wildman–Crippen MR) is 117 cm³/mol. The van der Waals surface area contributed by atoms with Crippen LogP contribution in [-0.2, 0) is 11.2 Å². The fourth-order valence-corrected chi connectivity index (χ4v) is 3.45. The van der Waals surface area contributed by atoms with Crippen molar-refractivity contribution in [1.82, 2.24) is 10.3 Å². The van der Waals surface area contributed by atoms with Crippen molar-refractivity contribution < 1.29 is 4.79 Å². The van der Waals surface area contributed by atoms with E-state index in [1.807, 2.05) is 66.9 Å². The minimum atomic E-state index is -0.477. The zero-order chi connectivity index (χ0) is 20.8. The number of amides is 1.